The molecule has 0 unspecified atom stereocenters. The van der Waals surface area contributed by atoms with Crippen LogP contribution in [0.2, 0.25) is 0 Å². The molecule has 0 spiro atoms. The summed E-state index contributed by atoms with van der Waals surface area (Å²) < 4.78 is 4.76. The molecule has 1 N–H and O–H groups in total. The second kappa shape index (κ2) is 8.80. The van der Waals surface area contributed by atoms with Gasteiger partial charge in [0.1, 0.15) is 6.54 Å². The molecule has 2 amide bonds. The van der Waals surface area contributed by atoms with Gasteiger partial charge in [0.05, 0.1) is 18.4 Å². The highest BCUT2D eigenvalue weighted by Gasteiger charge is 2.22. The minimum Gasteiger partial charge on any atom is -0.465 e. The summed E-state index contributed by atoms with van der Waals surface area (Å²) in [5.41, 5.74) is 2.28. The van der Waals surface area contributed by atoms with Crippen LogP contribution in [0.3, 0.4) is 0 Å². The van der Waals surface area contributed by atoms with Crippen molar-refractivity contribution in [2.75, 3.05) is 23.9 Å². The first-order chi connectivity index (χ1) is 12.5. The number of para-hydroxylation sites is 2. The van der Waals surface area contributed by atoms with Gasteiger partial charge >= 0.3 is 5.97 Å². The van der Waals surface area contributed by atoms with Crippen LogP contribution in [0.4, 0.5) is 11.4 Å². The van der Waals surface area contributed by atoms with Crippen molar-refractivity contribution in [3.05, 3.63) is 59.7 Å². The molecule has 2 aromatic carbocycles. The van der Waals surface area contributed by atoms with E-state index in [1.807, 2.05) is 31.2 Å². The maximum Gasteiger partial charge on any atom is 0.339 e. The molecule has 2 rings (SSSR count). The first-order valence-electron chi connectivity index (χ1n) is 8.31. The van der Waals surface area contributed by atoms with E-state index in [2.05, 4.69) is 5.32 Å². The molecule has 0 bridgehead atoms. The number of nitrogens with one attached hydrogen (secondary N) is 1. The summed E-state index contributed by atoms with van der Waals surface area (Å²) in [4.78, 5) is 37.8. The minimum atomic E-state index is -0.566. The minimum absolute atomic E-state index is 0.207. The van der Waals surface area contributed by atoms with Crippen molar-refractivity contribution in [3.63, 3.8) is 0 Å². The predicted molar refractivity (Wildman–Crippen MR) is 100 cm³/mol. The number of benzene rings is 2. The van der Waals surface area contributed by atoms with E-state index < -0.39 is 5.97 Å². The van der Waals surface area contributed by atoms with Gasteiger partial charge in [-0.25, -0.2) is 4.79 Å². The molecule has 6 heteroatoms. The third kappa shape index (κ3) is 4.47. The smallest absolute Gasteiger partial charge is 0.339 e. The molecule has 0 aliphatic rings. The largest absolute Gasteiger partial charge is 0.465 e. The fourth-order valence-electron chi connectivity index (χ4n) is 2.64. The number of nitrogens with zero attached hydrogens (tertiary/aromatic N) is 1. The third-order valence-electron chi connectivity index (χ3n) is 3.95. The van der Waals surface area contributed by atoms with E-state index in [1.54, 1.807) is 24.3 Å². The molecule has 0 saturated carbocycles. The number of esters is 1. The van der Waals surface area contributed by atoms with Crippen molar-refractivity contribution in [2.24, 2.45) is 0 Å². The van der Waals surface area contributed by atoms with Crippen LogP contribution in [0, 0.1) is 0 Å². The summed E-state index contributed by atoms with van der Waals surface area (Å²) in [5, 5.41) is 2.83. The number of hydrogen-bond acceptors (Lipinski definition) is 4. The number of methoxy groups -OCH3 is 1. The maximum atomic E-state index is 12.5. The number of carbonyl (C=O) groups is 3. The highest BCUT2D eigenvalue weighted by atomic mass is 16.5. The van der Waals surface area contributed by atoms with Crippen LogP contribution < -0.4 is 10.2 Å². The summed E-state index contributed by atoms with van der Waals surface area (Å²) in [7, 11) is 1.27. The zero-order valence-electron chi connectivity index (χ0n) is 15.1. The van der Waals surface area contributed by atoms with Crippen molar-refractivity contribution < 1.29 is 19.1 Å². The van der Waals surface area contributed by atoms with E-state index >= 15 is 0 Å². The molecule has 136 valence electrons. The third-order valence-corrected chi connectivity index (χ3v) is 3.95. The molecule has 0 radical (unpaired) electrons. The predicted octanol–water partition coefficient (Wildman–Crippen LogP) is 3.03. The number of rotatable bonds is 6. The van der Waals surface area contributed by atoms with Crippen LogP contribution in [0.15, 0.2) is 48.5 Å². The van der Waals surface area contributed by atoms with Crippen molar-refractivity contribution in [1.29, 1.82) is 0 Å². The topological polar surface area (TPSA) is 75.7 Å². The van der Waals surface area contributed by atoms with Crippen LogP contribution in [-0.2, 0) is 20.7 Å². The van der Waals surface area contributed by atoms with Crippen molar-refractivity contribution in [1.82, 2.24) is 0 Å². The summed E-state index contributed by atoms with van der Waals surface area (Å²) in [6.45, 7) is 3.14. The Kier molecular flexibility index (Phi) is 6.49. The molecular formula is C20H22N2O4. The van der Waals surface area contributed by atoms with Crippen LogP contribution in [0.1, 0.15) is 29.8 Å². The Balaban J connectivity index is 2.25. The van der Waals surface area contributed by atoms with Crippen molar-refractivity contribution in [2.45, 2.75) is 20.3 Å². The SMILES string of the molecule is CCc1ccccc1NC(=O)CN(C(C)=O)c1ccccc1C(=O)OC. The first kappa shape index (κ1) is 19.2. The normalized spacial score (nSPS) is 10.1. The molecule has 0 saturated heterocycles. The Hall–Kier alpha value is -3.15. The zero-order chi connectivity index (χ0) is 19.1. The van der Waals surface area contributed by atoms with Crippen LogP contribution >= 0.6 is 0 Å². The van der Waals surface area contributed by atoms with E-state index in [4.69, 9.17) is 4.74 Å². The highest BCUT2D eigenvalue weighted by Crippen LogP contribution is 2.22. The van der Waals surface area contributed by atoms with Gasteiger partial charge in [-0.3, -0.25) is 9.59 Å². The monoisotopic (exact) mass is 354 g/mol. The standard InChI is InChI=1S/C20H22N2O4/c1-4-15-9-5-7-11-17(15)21-19(24)13-22(14(2)23)18-12-8-6-10-16(18)20(25)26-3/h5-12H,4,13H2,1-3H3,(H,21,24). The lowest BCUT2D eigenvalue weighted by Gasteiger charge is -2.23. The molecule has 6 nitrogen and oxygen atoms in total. The Morgan fingerprint density at radius 3 is 2.35 bits per heavy atom. The zero-order valence-corrected chi connectivity index (χ0v) is 15.1. The molecule has 0 aliphatic carbocycles. The van der Waals surface area contributed by atoms with Gasteiger partial charge in [0.15, 0.2) is 0 Å². The van der Waals surface area contributed by atoms with E-state index in [9.17, 15) is 14.4 Å². The fourth-order valence-corrected chi connectivity index (χ4v) is 2.64. The van der Waals surface area contributed by atoms with Crippen molar-refractivity contribution in [3.8, 4) is 0 Å². The van der Waals surface area contributed by atoms with Gasteiger partial charge < -0.3 is 15.0 Å². The van der Waals surface area contributed by atoms with Gasteiger partial charge in [-0.15, -0.1) is 0 Å². The van der Waals surface area contributed by atoms with Gasteiger partial charge in [-0.1, -0.05) is 37.3 Å². The lowest BCUT2D eigenvalue weighted by molar-refractivity contribution is -0.120. The average molecular weight is 354 g/mol. The summed E-state index contributed by atoms with van der Waals surface area (Å²) in [5.74, 6) is -1.26. The Morgan fingerprint density at radius 1 is 1.04 bits per heavy atom. The number of aryl methyl sites for hydroxylation is 1. The van der Waals surface area contributed by atoms with Crippen LogP contribution in [-0.4, -0.2) is 31.4 Å². The summed E-state index contributed by atoms with van der Waals surface area (Å²) in [6.07, 6.45) is 0.776. The molecular weight excluding hydrogens is 332 g/mol. The number of amides is 2. The summed E-state index contributed by atoms with van der Waals surface area (Å²) in [6, 6.07) is 14.0. The van der Waals surface area contributed by atoms with E-state index in [-0.39, 0.29) is 23.9 Å². The van der Waals surface area contributed by atoms with Gasteiger partial charge in [0.25, 0.3) is 0 Å². The second-order valence-corrected chi connectivity index (χ2v) is 5.67. The molecule has 0 atom stereocenters. The number of anilines is 2. The lowest BCUT2D eigenvalue weighted by Crippen LogP contribution is -2.37. The Bertz CT molecular complexity index is 817. The molecule has 26 heavy (non-hydrogen) atoms. The van der Waals surface area contributed by atoms with Gasteiger partial charge in [-0.05, 0) is 30.2 Å². The quantitative estimate of drug-likeness (QED) is 0.809. The van der Waals surface area contributed by atoms with Crippen LogP contribution in [0.5, 0.6) is 0 Å². The maximum absolute atomic E-state index is 12.5. The molecule has 0 fully saturated rings. The molecule has 0 aliphatic heterocycles. The molecule has 0 heterocycles. The molecule has 2 aromatic rings. The fraction of sp³-hybridized carbons (Fsp3) is 0.250. The summed E-state index contributed by atoms with van der Waals surface area (Å²) >= 11 is 0. The van der Waals surface area contributed by atoms with Crippen LogP contribution in [0.25, 0.3) is 0 Å². The van der Waals surface area contributed by atoms with Gasteiger partial charge in [0.2, 0.25) is 11.8 Å². The van der Waals surface area contributed by atoms with E-state index in [1.165, 1.54) is 18.9 Å². The number of hydrogen-bond donors (Lipinski definition) is 1. The highest BCUT2D eigenvalue weighted by molar-refractivity contribution is 6.06. The second-order valence-electron chi connectivity index (χ2n) is 5.67. The van der Waals surface area contributed by atoms with Gasteiger partial charge in [-0.2, -0.15) is 0 Å². The van der Waals surface area contributed by atoms with Gasteiger partial charge in [0, 0.05) is 12.6 Å². The average Bonchev–Trinajstić information content (AvgIpc) is 2.65. The van der Waals surface area contributed by atoms with E-state index in [0.29, 0.717) is 11.4 Å². The number of ether oxygens (including phenoxy) is 1. The van der Waals surface area contributed by atoms with E-state index in [0.717, 1.165) is 12.0 Å². The number of carbonyl (C=O) groups excluding carboxylic acids is 3. The Labute approximate surface area is 152 Å². The molecule has 0 aromatic heterocycles. The lowest BCUT2D eigenvalue weighted by atomic mass is 10.1. The first-order valence-corrected chi connectivity index (χ1v) is 8.31. The Morgan fingerprint density at radius 2 is 1.69 bits per heavy atom. The van der Waals surface area contributed by atoms with Crippen molar-refractivity contribution >= 4 is 29.2 Å².